The van der Waals surface area contributed by atoms with Crippen molar-refractivity contribution in [3.8, 4) is 6.07 Å². The van der Waals surface area contributed by atoms with Crippen LogP contribution in [-0.4, -0.2) is 58.4 Å². The number of carbonyl (C=O) groups is 1. The fourth-order valence-corrected chi connectivity index (χ4v) is 5.98. The molecule has 4 N–H and O–H groups in total. The number of esters is 1. The lowest BCUT2D eigenvalue weighted by atomic mass is 9.90. The van der Waals surface area contributed by atoms with Crippen molar-refractivity contribution in [2.24, 2.45) is 15.8 Å². The number of hydrogen-bond acceptors (Lipinski definition) is 8. The lowest BCUT2D eigenvalue weighted by Gasteiger charge is -2.29. The number of nitriles is 1. The Morgan fingerprint density at radius 1 is 0.981 bits per heavy atom. The predicted octanol–water partition coefficient (Wildman–Crippen LogP) is 8.02. The Morgan fingerprint density at radius 2 is 1.73 bits per heavy atom. The summed E-state index contributed by atoms with van der Waals surface area (Å²) in [6.45, 7) is 19.0. The van der Waals surface area contributed by atoms with Gasteiger partial charge in [-0.1, -0.05) is 65.3 Å². The van der Waals surface area contributed by atoms with Gasteiger partial charge in [0, 0.05) is 36.0 Å². The Labute approximate surface area is 309 Å². The molecule has 4 aromatic rings. The van der Waals surface area contributed by atoms with Gasteiger partial charge in [-0.15, -0.1) is 0 Å². The molecule has 0 spiro atoms. The van der Waals surface area contributed by atoms with Gasteiger partial charge >= 0.3 is 5.97 Å². The number of anilines is 2. The third-order valence-electron chi connectivity index (χ3n) is 8.49. The maximum atomic E-state index is 12.4. The van der Waals surface area contributed by atoms with E-state index in [9.17, 15) is 10.1 Å². The topological polar surface area (TPSA) is 152 Å². The van der Waals surface area contributed by atoms with Crippen LogP contribution in [0.2, 0.25) is 0 Å². The van der Waals surface area contributed by atoms with Crippen molar-refractivity contribution in [1.82, 2.24) is 19.9 Å². The zero-order valence-corrected chi connectivity index (χ0v) is 32.4. The van der Waals surface area contributed by atoms with Gasteiger partial charge < -0.3 is 30.4 Å². The van der Waals surface area contributed by atoms with Crippen LogP contribution in [-0.2, 0) is 27.2 Å². The quantitative estimate of drug-likeness (QED) is 0.0428. The van der Waals surface area contributed by atoms with Gasteiger partial charge in [-0.25, -0.2) is 9.97 Å². The molecule has 0 aliphatic heterocycles. The highest BCUT2D eigenvalue weighted by Crippen LogP contribution is 2.30. The highest BCUT2D eigenvalue weighted by molar-refractivity contribution is 6.06. The molecule has 0 saturated heterocycles. The van der Waals surface area contributed by atoms with Crippen LogP contribution in [0.3, 0.4) is 0 Å². The molecular formula is C41H58N8O3. The van der Waals surface area contributed by atoms with Gasteiger partial charge in [-0.3, -0.25) is 9.79 Å². The third-order valence-corrected chi connectivity index (χ3v) is 8.49. The van der Waals surface area contributed by atoms with Crippen molar-refractivity contribution in [2.75, 3.05) is 37.4 Å². The number of fused-ring (bicyclic) bond motifs is 3. The summed E-state index contributed by atoms with van der Waals surface area (Å²) in [7, 11) is 0. The summed E-state index contributed by atoms with van der Waals surface area (Å²) in [5.74, 6) is 1.93. The SMILES string of the molecule is CCCCc1nc2c(N)nc3ccccc3c2n1CCCCN/C(=N/CC(C)(C)COCC(C)(C)CC(=O)OC(C)(C)C)Nc1cccc(C#N)c1. The van der Waals surface area contributed by atoms with Crippen LogP contribution in [0.15, 0.2) is 53.5 Å². The molecule has 0 bridgehead atoms. The number of pyridine rings is 1. The first-order valence-corrected chi connectivity index (χ1v) is 18.5. The molecule has 0 unspecified atom stereocenters. The minimum atomic E-state index is -0.515. The number of nitrogens with zero attached hydrogens (tertiary/aromatic N) is 5. The Morgan fingerprint density at radius 3 is 2.46 bits per heavy atom. The molecule has 2 aromatic heterocycles. The van der Waals surface area contributed by atoms with Gasteiger partial charge in [0.05, 0.1) is 48.8 Å². The standard InChI is InChI=1S/C41H58N8O3/c1-9-10-20-33-48-35-36(31-18-11-12-19-32(31)47-37(35)43)49(33)22-14-13-21-44-38(46-30-17-15-16-29(23-30)25-42)45-26-41(7,8)28-51-27-40(5,6)24-34(50)52-39(2,3)4/h11-12,15-19,23H,9-10,13-14,20-22,24,26-28H2,1-8H3,(H2,43,47)(H2,44,45,46). The van der Waals surface area contributed by atoms with Crippen LogP contribution in [0.25, 0.3) is 21.9 Å². The normalized spacial score (nSPS) is 12.6. The van der Waals surface area contributed by atoms with Gasteiger partial charge in [-0.2, -0.15) is 5.26 Å². The van der Waals surface area contributed by atoms with E-state index < -0.39 is 5.60 Å². The number of imidazole rings is 1. The number of nitrogens with one attached hydrogen (secondary N) is 2. The second-order valence-corrected chi connectivity index (χ2v) is 16.2. The minimum Gasteiger partial charge on any atom is -0.460 e. The molecule has 11 heteroatoms. The average molecular weight is 711 g/mol. The summed E-state index contributed by atoms with van der Waals surface area (Å²) in [5.41, 5.74) is 9.32. The number of nitrogens with two attached hydrogens (primary N) is 1. The number of hydrogen-bond donors (Lipinski definition) is 3. The number of ether oxygens (including phenoxy) is 2. The van der Waals surface area contributed by atoms with Crippen molar-refractivity contribution in [1.29, 1.82) is 5.26 Å². The second kappa shape index (κ2) is 17.7. The summed E-state index contributed by atoms with van der Waals surface area (Å²) in [6, 6.07) is 17.7. The van der Waals surface area contributed by atoms with E-state index in [0.717, 1.165) is 72.1 Å². The molecule has 0 aliphatic rings. The summed E-state index contributed by atoms with van der Waals surface area (Å²) in [4.78, 5) is 27.0. The van der Waals surface area contributed by atoms with Crippen molar-refractivity contribution in [2.45, 2.75) is 106 Å². The molecule has 0 saturated carbocycles. The number of nitrogen functional groups attached to an aromatic ring is 1. The average Bonchev–Trinajstić information content (AvgIpc) is 3.43. The number of rotatable bonds is 17. The monoisotopic (exact) mass is 710 g/mol. The number of benzene rings is 2. The molecule has 2 aromatic carbocycles. The molecule has 0 atom stereocenters. The number of aryl methyl sites for hydroxylation is 2. The number of unbranched alkanes of at least 4 members (excludes halogenated alkanes) is 2. The maximum Gasteiger partial charge on any atom is 0.306 e. The van der Waals surface area contributed by atoms with Crippen LogP contribution in [0.5, 0.6) is 0 Å². The van der Waals surface area contributed by atoms with Crippen LogP contribution >= 0.6 is 0 Å². The highest BCUT2D eigenvalue weighted by atomic mass is 16.6. The maximum absolute atomic E-state index is 12.4. The number of carbonyl (C=O) groups excluding carboxylic acids is 1. The predicted molar refractivity (Wildman–Crippen MR) is 211 cm³/mol. The van der Waals surface area contributed by atoms with E-state index in [1.807, 2.05) is 71.0 Å². The summed E-state index contributed by atoms with van der Waals surface area (Å²) >= 11 is 0. The zero-order chi connectivity index (χ0) is 37.9. The van der Waals surface area contributed by atoms with E-state index in [1.54, 1.807) is 6.07 Å². The van der Waals surface area contributed by atoms with E-state index >= 15 is 0 Å². The molecule has 0 radical (unpaired) electrons. The number of aromatic nitrogens is 3. The van der Waals surface area contributed by atoms with E-state index in [2.05, 4.69) is 53.1 Å². The number of guanidine groups is 1. The highest BCUT2D eigenvalue weighted by Gasteiger charge is 2.28. The fourth-order valence-electron chi connectivity index (χ4n) is 5.98. The molecule has 2 heterocycles. The molecule has 280 valence electrons. The molecule has 52 heavy (non-hydrogen) atoms. The summed E-state index contributed by atoms with van der Waals surface area (Å²) < 4.78 is 14.0. The van der Waals surface area contributed by atoms with Crippen molar-refractivity contribution >= 4 is 45.4 Å². The summed E-state index contributed by atoms with van der Waals surface area (Å²) in [5, 5.41) is 17.4. The van der Waals surface area contributed by atoms with Crippen molar-refractivity contribution in [3.63, 3.8) is 0 Å². The molecule has 0 amide bonds. The van der Waals surface area contributed by atoms with Crippen LogP contribution in [0.1, 0.15) is 98.9 Å². The van der Waals surface area contributed by atoms with Crippen LogP contribution in [0.4, 0.5) is 11.5 Å². The van der Waals surface area contributed by atoms with E-state index in [4.69, 9.17) is 25.2 Å². The minimum absolute atomic E-state index is 0.224. The van der Waals surface area contributed by atoms with Crippen LogP contribution < -0.4 is 16.4 Å². The third kappa shape index (κ3) is 11.9. The molecule has 11 nitrogen and oxygen atoms in total. The molecule has 4 rings (SSSR count). The van der Waals surface area contributed by atoms with Crippen molar-refractivity contribution in [3.05, 3.63) is 59.9 Å². The van der Waals surface area contributed by atoms with E-state index in [0.29, 0.717) is 43.6 Å². The largest absolute Gasteiger partial charge is 0.460 e. The fraction of sp³-hybridized carbons (Fsp3) is 0.537. The summed E-state index contributed by atoms with van der Waals surface area (Å²) in [6.07, 6.45) is 5.12. The first-order chi connectivity index (χ1) is 24.6. The smallest absolute Gasteiger partial charge is 0.306 e. The van der Waals surface area contributed by atoms with Crippen LogP contribution in [0, 0.1) is 22.2 Å². The van der Waals surface area contributed by atoms with E-state index in [-0.39, 0.29) is 23.2 Å². The first-order valence-electron chi connectivity index (χ1n) is 18.5. The Hall–Kier alpha value is -4.69. The molecular weight excluding hydrogens is 653 g/mol. The molecule has 0 fully saturated rings. The Balaban J connectivity index is 1.41. The number of para-hydroxylation sites is 1. The first kappa shape index (κ1) is 40.1. The van der Waals surface area contributed by atoms with Gasteiger partial charge in [0.2, 0.25) is 0 Å². The lowest BCUT2D eigenvalue weighted by Crippen LogP contribution is -2.34. The van der Waals surface area contributed by atoms with Gasteiger partial charge in [-0.05, 0) is 69.7 Å². The van der Waals surface area contributed by atoms with Gasteiger partial charge in [0.25, 0.3) is 0 Å². The molecule has 0 aliphatic carbocycles. The zero-order valence-electron chi connectivity index (χ0n) is 32.4. The van der Waals surface area contributed by atoms with E-state index in [1.165, 1.54) is 0 Å². The van der Waals surface area contributed by atoms with Gasteiger partial charge in [0.15, 0.2) is 11.8 Å². The van der Waals surface area contributed by atoms with Gasteiger partial charge in [0.1, 0.15) is 16.9 Å². The second-order valence-electron chi connectivity index (χ2n) is 16.2. The van der Waals surface area contributed by atoms with Crippen molar-refractivity contribution < 1.29 is 14.3 Å². The number of aliphatic imine (C=N–C) groups is 1. The lowest BCUT2D eigenvalue weighted by molar-refractivity contribution is -0.158. The Kier molecular flexibility index (Phi) is 13.6. The Bertz CT molecular complexity index is 1880.